The zero-order valence-electron chi connectivity index (χ0n) is 15.9. The summed E-state index contributed by atoms with van der Waals surface area (Å²) in [4.78, 5) is 24.4. The average Bonchev–Trinajstić information content (AvgIpc) is 3.39. The monoisotopic (exact) mass is 409 g/mol. The number of benzene rings is 2. The van der Waals surface area contributed by atoms with Crippen molar-refractivity contribution in [1.82, 2.24) is 20.3 Å². The number of rotatable bonds is 7. The zero-order valence-corrected chi connectivity index (χ0v) is 16.7. The van der Waals surface area contributed by atoms with Gasteiger partial charge in [0.1, 0.15) is 23.0 Å². The highest BCUT2D eigenvalue weighted by molar-refractivity contribution is 7.14. The summed E-state index contributed by atoms with van der Waals surface area (Å²) in [6, 6.07) is 13.1. The number of fused-ring (bicyclic) bond motifs is 1. The summed E-state index contributed by atoms with van der Waals surface area (Å²) in [6.07, 6.45) is 0. The lowest BCUT2D eigenvalue weighted by Gasteiger charge is -2.10. The molecule has 4 rings (SSSR count). The van der Waals surface area contributed by atoms with Crippen molar-refractivity contribution in [2.24, 2.45) is 0 Å². The van der Waals surface area contributed by atoms with Crippen LogP contribution in [0.4, 0.5) is 10.8 Å². The van der Waals surface area contributed by atoms with Crippen LogP contribution in [0.15, 0.2) is 47.8 Å². The summed E-state index contributed by atoms with van der Waals surface area (Å²) in [5.74, 6) is 1.74. The van der Waals surface area contributed by atoms with Crippen LogP contribution < -0.4 is 20.1 Å². The third kappa shape index (κ3) is 4.14. The second-order valence-corrected chi connectivity index (χ2v) is 6.97. The number of hydrogen-bond donors (Lipinski definition) is 3. The maximum absolute atomic E-state index is 12.4. The second kappa shape index (κ2) is 8.19. The van der Waals surface area contributed by atoms with E-state index in [-0.39, 0.29) is 5.91 Å². The Balaban J connectivity index is 1.41. The minimum Gasteiger partial charge on any atom is -0.497 e. The van der Waals surface area contributed by atoms with E-state index in [1.165, 1.54) is 11.3 Å². The third-order valence-corrected chi connectivity index (χ3v) is 5.00. The molecule has 2 aromatic heterocycles. The van der Waals surface area contributed by atoms with Gasteiger partial charge in [0, 0.05) is 11.4 Å². The summed E-state index contributed by atoms with van der Waals surface area (Å²) in [5.41, 5.74) is 2.87. The van der Waals surface area contributed by atoms with E-state index in [9.17, 15) is 4.79 Å². The molecule has 0 bridgehead atoms. The van der Waals surface area contributed by atoms with Gasteiger partial charge in [0.15, 0.2) is 5.13 Å². The predicted octanol–water partition coefficient (Wildman–Crippen LogP) is 3.71. The summed E-state index contributed by atoms with van der Waals surface area (Å²) in [7, 11) is 3.18. The molecule has 0 aliphatic carbocycles. The number of nitrogens with one attached hydrogen (secondary N) is 3. The molecule has 3 N–H and O–H groups in total. The third-order valence-electron chi connectivity index (χ3n) is 4.24. The molecule has 9 heteroatoms. The van der Waals surface area contributed by atoms with Gasteiger partial charge in [0.25, 0.3) is 5.91 Å². The molecule has 0 unspecified atom stereocenters. The van der Waals surface area contributed by atoms with Crippen molar-refractivity contribution in [2.75, 3.05) is 19.5 Å². The maximum atomic E-state index is 12.4. The normalized spacial score (nSPS) is 10.7. The van der Waals surface area contributed by atoms with Gasteiger partial charge in [-0.15, -0.1) is 11.3 Å². The van der Waals surface area contributed by atoms with Gasteiger partial charge in [0.05, 0.1) is 37.5 Å². The van der Waals surface area contributed by atoms with Crippen LogP contribution in [0, 0.1) is 0 Å². The smallest absolute Gasteiger partial charge is 0.271 e. The molecule has 0 fully saturated rings. The SMILES string of the molecule is COc1ccc(Nc2nc(C(=O)NCc3nc4ccccc4[nH]3)cs2)c(OC)c1. The molecule has 0 atom stereocenters. The Labute approximate surface area is 170 Å². The van der Waals surface area contributed by atoms with E-state index >= 15 is 0 Å². The van der Waals surface area contributed by atoms with Gasteiger partial charge in [-0.25, -0.2) is 9.97 Å². The molecule has 0 saturated heterocycles. The van der Waals surface area contributed by atoms with Crippen LogP contribution in [0.5, 0.6) is 11.5 Å². The minimum atomic E-state index is -0.267. The van der Waals surface area contributed by atoms with Gasteiger partial charge < -0.3 is 25.1 Å². The van der Waals surface area contributed by atoms with Crippen molar-refractivity contribution >= 4 is 39.1 Å². The lowest BCUT2D eigenvalue weighted by molar-refractivity contribution is 0.0946. The maximum Gasteiger partial charge on any atom is 0.271 e. The van der Waals surface area contributed by atoms with Crippen molar-refractivity contribution in [3.8, 4) is 11.5 Å². The largest absolute Gasteiger partial charge is 0.497 e. The minimum absolute atomic E-state index is 0.267. The Bertz CT molecular complexity index is 1120. The number of carbonyl (C=O) groups is 1. The number of amides is 1. The van der Waals surface area contributed by atoms with Crippen LogP contribution in [0.1, 0.15) is 16.3 Å². The molecule has 0 aliphatic heterocycles. The van der Waals surface area contributed by atoms with Gasteiger partial charge >= 0.3 is 0 Å². The van der Waals surface area contributed by atoms with Crippen LogP contribution in [0.3, 0.4) is 0 Å². The Morgan fingerprint density at radius 2 is 2.00 bits per heavy atom. The van der Waals surface area contributed by atoms with E-state index in [4.69, 9.17) is 9.47 Å². The fourth-order valence-electron chi connectivity index (χ4n) is 2.80. The fraction of sp³-hybridized carbons (Fsp3) is 0.150. The predicted molar refractivity (Wildman–Crippen MR) is 112 cm³/mol. The van der Waals surface area contributed by atoms with Gasteiger partial charge in [0.2, 0.25) is 0 Å². The van der Waals surface area contributed by atoms with Crippen LogP contribution in [0.25, 0.3) is 11.0 Å². The highest BCUT2D eigenvalue weighted by Crippen LogP contribution is 2.32. The molecule has 0 radical (unpaired) electrons. The Kier molecular flexibility index (Phi) is 5.30. The number of thiazole rings is 1. The lowest BCUT2D eigenvalue weighted by atomic mass is 10.3. The molecule has 0 spiro atoms. The van der Waals surface area contributed by atoms with Crippen LogP contribution >= 0.6 is 11.3 Å². The molecular weight excluding hydrogens is 390 g/mol. The number of anilines is 2. The van der Waals surface area contributed by atoms with Gasteiger partial charge in [-0.1, -0.05) is 12.1 Å². The number of aromatic amines is 1. The number of hydrogen-bond acceptors (Lipinski definition) is 7. The number of imidazole rings is 1. The Hall–Kier alpha value is -3.59. The van der Waals surface area contributed by atoms with E-state index in [1.807, 2.05) is 36.4 Å². The first-order valence-corrected chi connectivity index (χ1v) is 9.70. The molecule has 8 nitrogen and oxygen atoms in total. The summed E-state index contributed by atoms with van der Waals surface area (Å²) < 4.78 is 10.6. The molecule has 1 amide bonds. The van der Waals surface area contributed by atoms with Crippen LogP contribution in [-0.2, 0) is 6.54 Å². The van der Waals surface area contributed by atoms with Crippen molar-refractivity contribution in [2.45, 2.75) is 6.54 Å². The number of methoxy groups -OCH3 is 2. The number of nitrogens with zero attached hydrogens (tertiary/aromatic N) is 2. The first-order chi connectivity index (χ1) is 14.2. The van der Waals surface area contributed by atoms with E-state index in [2.05, 4.69) is 25.6 Å². The topological polar surface area (TPSA) is 101 Å². The number of ether oxygens (including phenoxy) is 2. The highest BCUT2D eigenvalue weighted by Gasteiger charge is 2.13. The molecule has 2 heterocycles. The van der Waals surface area contributed by atoms with Crippen molar-refractivity contribution in [1.29, 1.82) is 0 Å². The average molecular weight is 409 g/mol. The number of para-hydroxylation sites is 2. The molecule has 2 aromatic carbocycles. The second-order valence-electron chi connectivity index (χ2n) is 6.11. The van der Waals surface area contributed by atoms with E-state index in [1.54, 1.807) is 25.7 Å². The summed E-state index contributed by atoms with van der Waals surface area (Å²) in [6.45, 7) is 0.292. The number of aromatic nitrogens is 3. The quantitative estimate of drug-likeness (QED) is 0.430. The first-order valence-electron chi connectivity index (χ1n) is 8.82. The Morgan fingerprint density at radius 1 is 1.14 bits per heavy atom. The van der Waals surface area contributed by atoms with E-state index < -0.39 is 0 Å². The van der Waals surface area contributed by atoms with E-state index in [0.29, 0.717) is 34.7 Å². The number of H-pyrrole nitrogens is 1. The van der Waals surface area contributed by atoms with Gasteiger partial charge in [-0.2, -0.15) is 0 Å². The van der Waals surface area contributed by atoms with Crippen molar-refractivity contribution in [3.05, 3.63) is 59.4 Å². The molecule has 148 valence electrons. The number of carbonyl (C=O) groups excluding carboxylic acids is 1. The van der Waals surface area contributed by atoms with Gasteiger partial charge in [-0.05, 0) is 24.3 Å². The van der Waals surface area contributed by atoms with Crippen LogP contribution in [-0.4, -0.2) is 35.1 Å². The highest BCUT2D eigenvalue weighted by atomic mass is 32.1. The standard InChI is InChI=1S/C20H19N5O3S/c1-27-12-7-8-15(17(9-12)28-2)24-20-25-16(11-29-20)19(26)21-10-18-22-13-5-3-4-6-14(13)23-18/h3-9,11H,10H2,1-2H3,(H,21,26)(H,22,23)(H,24,25). The molecule has 4 aromatic rings. The molecular formula is C20H19N5O3S. The fourth-order valence-corrected chi connectivity index (χ4v) is 3.50. The van der Waals surface area contributed by atoms with Gasteiger partial charge in [-0.3, -0.25) is 4.79 Å². The Morgan fingerprint density at radius 3 is 2.79 bits per heavy atom. The molecule has 29 heavy (non-hydrogen) atoms. The summed E-state index contributed by atoms with van der Waals surface area (Å²) >= 11 is 1.33. The summed E-state index contributed by atoms with van der Waals surface area (Å²) in [5, 5.41) is 8.29. The first kappa shape index (κ1) is 18.8. The molecule has 0 aliphatic rings. The molecule has 0 saturated carbocycles. The van der Waals surface area contributed by atoms with Crippen LogP contribution in [0.2, 0.25) is 0 Å². The van der Waals surface area contributed by atoms with Crippen molar-refractivity contribution in [3.63, 3.8) is 0 Å². The zero-order chi connectivity index (χ0) is 20.2. The van der Waals surface area contributed by atoms with Crippen molar-refractivity contribution < 1.29 is 14.3 Å². The lowest BCUT2D eigenvalue weighted by Crippen LogP contribution is -2.23. The van der Waals surface area contributed by atoms with E-state index in [0.717, 1.165) is 16.7 Å².